The van der Waals surface area contributed by atoms with Crippen molar-refractivity contribution in [3.63, 3.8) is 0 Å². The fourth-order valence-electron chi connectivity index (χ4n) is 2.61. The zero-order valence-electron chi connectivity index (χ0n) is 11.4. The fourth-order valence-corrected chi connectivity index (χ4v) is 4.28. The van der Waals surface area contributed by atoms with E-state index in [4.69, 9.17) is 11.6 Å². The first-order valence-electron chi connectivity index (χ1n) is 6.89. The summed E-state index contributed by atoms with van der Waals surface area (Å²) < 4.78 is 0.894. The van der Waals surface area contributed by atoms with Crippen molar-refractivity contribution in [3.8, 4) is 0 Å². The summed E-state index contributed by atoms with van der Waals surface area (Å²) in [7, 11) is 0. The molecule has 2 heterocycles. The van der Waals surface area contributed by atoms with Crippen LogP contribution in [0.15, 0.2) is 34.1 Å². The van der Waals surface area contributed by atoms with Gasteiger partial charge in [-0.1, -0.05) is 27.5 Å². The van der Waals surface area contributed by atoms with Crippen LogP contribution in [0.4, 0.5) is 0 Å². The van der Waals surface area contributed by atoms with Crippen LogP contribution in [0.25, 0.3) is 0 Å². The summed E-state index contributed by atoms with van der Waals surface area (Å²) >= 11 is 11.3. The van der Waals surface area contributed by atoms with E-state index >= 15 is 0 Å². The molecule has 0 radical (unpaired) electrons. The van der Waals surface area contributed by atoms with Gasteiger partial charge in [-0.25, -0.2) is 0 Å². The number of carbonyl (C=O) groups excluding carboxylic acids is 1. The van der Waals surface area contributed by atoms with E-state index in [0.29, 0.717) is 17.0 Å². The maximum atomic E-state index is 12.3. The number of halogens is 2. The summed E-state index contributed by atoms with van der Waals surface area (Å²) in [5.74, 6) is 0.114. The molecule has 0 atom stereocenters. The van der Waals surface area contributed by atoms with Gasteiger partial charge in [-0.3, -0.25) is 9.69 Å². The van der Waals surface area contributed by atoms with Gasteiger partial charge in [-0.2, -0.15) is 0 Å². The molecule has 2 aromatic rings. The molecular formula is C16H15BrClNOS. The Bertz CT molecular complexity index is 670. The number of rotatable bonds is 4. The number of fused-ring (bicyclic) bond motifs is 1. The van der Waals surface area contributed by atoms with E-state index in [-0.39, 0.29) is 5.78 Å². The third kappa shape index (κ3) is 3.57. The van der Waals surface area contributed by atoms with Gasteiger partial charge in [0.15, 0.2) is 5.78 Å². The third-order valence-corrected chi connectivity index (χ3v) is 5.60. The molecule has 1 aliphatic rings. The maximum Gasteiger partial charge on any atom is 0.165 e. The second kappa shape index (κ2) is 6.61. The van der Waals surface area contributed by atoms with Crippen LogP contribution in [0, 0.1) is 0 Å². The number of hydrogen-bond donors (Lipinski definition) is 0. The Morgan fingerprint density at radius 3 is 3.05 bits per heavy atom. The second-order valence-electron chi connectivity index (χ2n) is 5.19. The lowest BCUT2D eigenvalue weighted by Crippen LogP contribution is -2.31. The summed E-state index contributed by atoms with van der Waals surface area (Å²) in [4.78, 5) is 16.1. The Hall–Kier alpha value is -0.680. The van der Waals surface area contributed by atoms with Gasteiger partial charge in [0.05, 0.1) is 5.02 Å². The van der Waals surface area contributed by atoms with Crippen molar-refractivity contribution < 1.29 is 4.79 Å². The van der Waals surface area contributed by atoms with E-state index < -0.39 is 0 Å². The number of hydrogen-bond acceptors (Lipinski definition) is 3. The van der Waals surface area contributed by atoms with Gasteiger partial charge < -0.3 is 0 Å². The van der Waals surface area contributed by atoms with Gasteiger partial charge in [-0.05, 0) is 41.6 Å². The molecule has 21 heavy (non-hydrogen) atoms. The predicted octanol–water partition coefficient (Wildman–Crippen LogP) is 4.80. The largest absolute Gasteiger partial charge is 0.298 e. The minimum atomic E-state index is 0.114. The first-order valence-corrected chi connectivity index (χ1v) is 8.94. The smallest absolute Gasteiger partial charge is 0.165 e. The Labute approximate surface area is 141 Å². The molecular weight excluding hydrogens is 370 g/mol. The van der Waals surface area contributed by atoms with E-state index in [2.05, 4.69) is 32.3 Å². The lowest BCUT2D eigenvalue weighted by molar-refractivity contribution is 0.0961. The minimum absolute atomic E-state index is 0.114. The molecule has 0 spiro atoms. The molecule has 3 rings (SSSR count). The van der Waals surface area contributed by atoms with E-state index in [9.17, 15) is 4.79 Å². The van der Waals surface area contributed by atoms with Gasteiger partial charge in [0.2, 0.25) is 0 Å². The van der Waals surface area contributed by atoms with Crippen molar-refractivity contribution in [2.75, 3.05) is 13.1 Å². The molecule has 0 aliphatic carbocycles. The van der Waals surface area contributed by atoms with E-state index in [0.717, 1.165) is 30.5 Å². The highest BCUT2D eigenvalue weighted by molar-refractivity contribution is 9.10. The first-order chi connectivity index (χ1) is 10.1. The lowest BCUT2D eigenvalue weighted by Gasteiger charge is -2.26. The summed E-state index contributed by atoms with van der Waals surface area (Å²) in [5.41, 5.74) is 2.04. The Kier molecular flexibility index (Phi) is 4.79. The Balaban J connectivity index is 1.59. The summed E-state index contributed by atoms with van der Waals surface area (Å²) in [6.45, 7) is 2.79. The van der Waals surface area contributed by atoms with Crippen LogP contribution in [0.2, 0.25) is 5.02 Å². The molecule has 0 unspecified atom stereocenters. The van der Waals surface area contributed by atoms with Crippen molar-refractivity contribution in [1.29, 1.82) is 0 Å². The van der Waals surface area contributed by atoms with E-state index in [1.807, 2.05) is 17.4 Å². The number of ketones is 1. The molecule has 0 bridgehead atoms. The molecule has 0 saturated heterocycles. The standard InChI is InChI=1S/C16H15BrClNOS/c17-12-1-2-13(14(18)9-12)15(20)3-6-19-7-4-16-11(10-19)5-8-21-16/h1-2,5,8-9H,3-4,6-7,10H2. The molecule has 0 amide bonds. The second-order valence-corrected chi connectivity index (χ2v) is 7.52. The predicted molar refractivity (Wildman–Crippen MR) is 91.4 cm³/mol. The van der Waals surface area contributed by atoms with Crippen LogP contribution >= 0.6 is 38.9 Å². The summed E-state index contributed by atoms with van der Waals surface area (Å²) in [5, 5.41) is 2.68. The lowest BCUT2D eigenvalue weighted by atomic mass is 10.1. The average Bonchev–Trinajstić information content (AvgIpc) is 2.92. The molecule has 2 nitrogen and oxygen atoms in total. The molecule has 0 saturated carbocycles. The summed E-state index contributed by atoms with van der Waals surface area (Å²) in [6.07, 6.45) is 1.61. The van der Waals surface area contributed by atoms with Crippen molar-refractivity contribution in [2.45, 2.75) is 19.4 Å². The van der Waals surface area contributed by atoms with Crippen LogP contribution in [-0.4, -0.2) is 23.8 Å². The first kappa shape index (κ1) is 15.2. The van der Waals surface area contributed by atoms with E-state index in [1.54, 1.807) is 12.1 Å². The topological polar surface area (TPSA) is 20.3 Å². The van der Waals surface area contributed by atoms with Crippen LogP contribution in [0.1, 0.15) is 27.2 Å². The quantitative estimate of drug-likeness (QED) is 0.706. The van der Waals surface area contributed by atoms with E-state index in [1.165, 1.54) is 10.4 Å². The van der Waals surface area contributed by atoms with Crippen molar-refractivity contribution in [1.82, 2.24) is 4.90 Å². The SMILES string of the molecule is O=C(CCN1CCc2sccc2C1)c1ccc(Br)cc1Cl. The normalized spacial score (nSPS) is 15.0. The third-order valence-electron chi connectivity index (χ3n) is 3.77. The van der Waals surface area contributed by atoms with Crippen LogP contribution in [0.3, 0.4) is 0 Å². The Morgan fingerprint density at radius 1 is 1.38 bits per heavy atom. The number of carbonyl (C=O) groups is 1. The molecule has 1 aliphatic heterocycles. The highest BCUT2D eigenvalue weighted by Crippen LogP contribution is 2.25. The van der Waals surface area contributed by atoms with Crippen LogP contribution in [0.5, 0.6) is 0 Å². The van der Waals surface area contributed by atoms with Gasteiger partial charge >= 0.3 is 0 Å². The molecule has 0 N–H and O–H groups in total. The number of benzene rings is 1. The highest BCUT2D eigenvalue weighted by atomic mass is 79.9. The number of nitrogens with zero attached hydrogens (tertiary/aromatic N) is 1. The van der Waals surface area contributed by atoms with Gasteiger partial charge in [0.25, 0.3) is 0 Å². The maximum absolute atomic E-state index is 12.3. The molecule has 5 heteroatoms. The monoisotopic (exact) mass is 383 g/mol. The van der Waals surface area contributed by atoms with Crippen molar-refractivity contribution in [2.24, 2.45) is 0 Å². The summed E-state index contributed by atoms with van der Waals surface area (Å²) in [6, 6.07) is 7.62. The van der Waals surface area contributed by atoms with Gasteiger partial charge in [0, 0.05) is 41.0 Å². The number of Topliss-reactive ketones (excluding diaryl/α,β-unsaturated/α-hetero) is 1. The molecule has 1 aromatic carbocycles. The van der Waals surface area contributed by atoms with Crippen LogP contribution < -0.4 is 0 Å². The van der Waals surface area contributed by atoms with Gasteiger partial charge in [0.1, 0.15) is 0 Å². The minimum Gasteiger partial charge on any atom is -0.298 e. The average molecular weight is 385 g/mol. The van der Waals surface area contributed by atoms with Crippen molar-refractivity contribution >= 4 is 44.7 Å². The zero-order chi connectivity index (χ0) is 14.8. The molecule has 0 fully saturated rings. The highest BCUT2D eigenvalue weighted by Gasteiger charge is 2.18. The van der Waals surface area contributed by atoms with Gasteiger partial charge in [-0.15, -0.1) is 11.3 Å². The molecule has 1 aromatic heterocycles. The number of thiophene rings is 1. The van der Waals surface area contributed by atoms with Crippen LogP contribution in [-0.2, 0) is 13.0 Å². The molecule has 110 valence electrons. The Morgan fingerprint density at radius 2 is 2.24 bits per heavy atom. The van der Waals surface area contributed by atoms with Crippen molar-refractivity contribution in [3.05, 3.63) is 55.1 Å². The fraction of sp³-hybridized carbons (Fsp3) is 0.312. The zero-order valence-corrected chi connectivity index (χ0v) is 14.6.